The van der Waals surface area contributed by atoms with Gasteiger partial charge in [0.05, 0.1) is 12.5 Å². The molecule has 0 fully saturated rings. The van der Waals surface area contributed by atoms with Gasteiger partial charge in [-0.3, -0.25) is 10.5 Å². The van der Waals surface area contributed by atoms with Crippen molar-refractivity contribution in [3.63, 3.8) is 0 Å². The number of ether oxygens (including phenoxy) is 1. The van der Waals surface area contributed by atoms with E-state index in [1.807, 2.05) is 0 Å². The van der Waals surface area contributed by atoms with Gasteiger partial charge in [-0.25, -0.2) is 12.6 Å². The molecule has 2 unspecified atom stereocenters. The summed E-state index contributed by atoms with van der Waals surface area (Å²) < 4.78 is 30.8. The van der Waals surface area contributed by atoms with Crippen LogP contribution in [0.1, 0.15) is 37.8 Å². The van der Waals surface area contributed by atoms with E-state index in [4.69, 9.17) is 10.5 Å². The van der Waals surface area contributed by atoms with E-state index in [1.54, 1.807) is 38.1 Å². The standard InChI is InChI=1S/C13H19NO5S/c1-4-18-12(15)9(2)10-5-7-11(8-6-10)13(3,14)19-20(16)17/h5-9,20H,4,14H2,1-3H3. The van der Waals surface area contributed by atoms with Gasteiger partial charge in [-0.05, 0) is 31.9 Å². The maximum atomic E-state index is 11.6. The molecule has 2 atom stereocenters. The van der Waals surface area contributed by atoms with Crippen LogP contribution in [0.3, 0.4) is 0 Å². The first-order valence-corrected chi connectivity index (χ1v) is 7.27. The van der Waals surface area contributed by atoms with Crippen LogP contribution in [-0.4, -0.2) is 21.0 Å². The Bertz CT molecular complexity index is 528. The Kier molecular flexibility index (Phi) is 5.67. The Morgan fingerprint density at radius 2 is 1.90 bits per heavy atom. The number of carbonyl (C=O) groups is 1. The van der Waals surface area contributed by atoms with E-state index in [-0.39, 0.29) is 5.97 Å². The Labute approximate surface area is 120 Å². The second kappa shape index (κ2) is 6.83. The number of rotatable bonds is 6. The molecule has 0 aliphatic heterocycles. The summed E-state index contributed by atoms with van der Waals surface area (Å²) in [6, 6.07) is 6.65. The molecule has 0 bridgehead atoms. The van der Waals surface area contributed by atoms with E-state index >= 15 is 0 Å². The maximum absolute atomic E-state index is 11.6. The predicted octanol–water partition coefficient (Wildman–Crippen LogP) is 1.03. The Balaban J connectivity index is 2.91. The summed E-state index contributed by atoms with van der Waals surface area (Å²) in [5.74, 6) is -0.709. The third kappa shape index (κ3) is 4.29. The van der Waals surface area contributed by atoms with E-state index in [0.717, 1.165) is 5.56 Å². The van der Waals surface area contributed by atoms with Gasteiger partial charge < -0.3 is 4.74 Å². The molecule has 0 spiro atoms. The number of benzene rings is 1. The van der Waals surface area contributed by atoms with Crippen molar-refractivity contribution >= 4 is 17.0 Å². The molecule has 0 aromatic heterocycles. The van der Waals surface area contributed by atoms with Gasteiger partial charge in [-0.2, -0.15) is 0 Å². The molecule has 112 valence electrons. The van der Waals surface area contributed by atoms with Crippen molar-refractivity contribution in [3.8, 4) is 0 Å². The number of nitrogens with two attached hydrogens (primary N) is 1. The molecular weight excluding hydrogens is 282 g/mol. The lowest BCUT2D eigenvalue weighted by Crippen LogP contribution is -2.35. The second-order valence-corrected chi connectivity index (χ2v) is 5.15. The first-order chi connectivity index (χ1) is 9.27. The lowest BCUT2D eigenvalue weighted by molar-refractivity contribution is -0.144. The lowest BCUT2D eigenvalue weighted by atomic mass is 9.97. The highest BCUT2D eigenvalue weighted by molar-refractivity contribution is 7.67. The van der Waals surface area contributed by atoms with Crippen molar-refractivity contribution < 1.29 is 22.1 Å². The fourth-order valence-corrected chi connectivity index (χ4v) is 2.13. The summed E-state index contributed by atoms with van der Waals surface area (Å²) in [5, 5.41) is 0. The molecule has 6 nitrogen and oxygen atoms in total. The Morgan fingerprint density at radius 1 is 1.35 bits per heavy atom. The van der Waals surface area contributed by atoms with E-state index in [2.05, 4.69) is 4.18 Å². The van der Waals surface area contributed by atoms with Gasteiger partial charge in [-0.1, -0.05) is 24.3 Å². The quantitative estimate of drug-likeness (QED) is 0.463. The van der Waals surface area contributed by atoms with Crippen LogP contribution >= 0.6 is 0 Å². The zero-order valence-corrected chi connectivity index (χ0v) is 12.6. The molecule has 20 heavy (non-hydrogen) atoms. The summed E-state index contributed by atoms with van der Waals surface area (Å²) in [7, 11) is -3.05. The molecule has 0 radical (unpaired) electrons. The van der Waals surface area contributed by atoms with Crippen molar-refractivity contribution in [1.82, 2.24) is 0 Å². The van der Waals surface area contributed by atoms with Gasteiger partial charge in [0.25, 0.3) is 11.0 Å². The molecule has 1 aromatic rings. The van der Waals surface area contributed by atoms with Gasteiger partial charge >= 0.3 is 5.97 Å². The fourth-order valence-electron chi connectivity index (χ4n) is 1.71. The number of hydrogen-bond donors (Lipinski definition) is 2. The van der Waals surface area contributed by atoms with Gasteiger partial charge in [0.2, 0.25) is 0 Å². The first kappa shape index (κ1) is 16.6. The van der Waals surface area contributed by atoms with E-state index < -0.39 is 22.6 Å². The summed E-state index contributed by atoms with van der Waals surface area (Å²) in [6.45, 7) is 5.25. The van der Waals surface area contributed by atoms with Crippen molar-refractivity contribution in [2.45, 2.75) is 32.4 Å². The molecule has 0 aliphatic rings. The van der Waals surface area contributed by atoms with Crippen LogP contribution in [0.5, 0.6) is 0 Å². The summed E-state index contributed by atoms with van der Waals surface area (Å²) in [4.78, 5) is 11.6. The minimum absolute atomic E-state index is 0.311. The average Bonchev–Trinajstić information content (AvgIpc) is 2.37. The van der Waals surface area contributed by atoms with Gasteiger partial charge in [0.15, 0.2) is 5.72 Å². The third-order valence-electron chi connectivity index (χ3n) is 2.89. The van der Waals surface area contributed by atoms with E-state index in [9.17, 15) is 13.2 Å². The number of esters is 1. The topological polar surface area (TPSA) is 95.7 Å². The summed E-state index contributed by atoms with van der Waals surface area (Å²) >= 11 is 0. The van der Waals surface area contributed by atoms with Crippen molar-refractivity contribution in [3.05, 3.63) is 35.4 Å². The number of carbonyl (C=O) groups excluding carboxylic acids is 1. The van der Waals surface area contributed by atoms with Crippen molar-refractivity contribution in [2.24, 2.45) is 5.73 Å². The smallest absolute Gasteiger partial charge is 0.313 e. The Morgan fingerprint density at radius 3 is 2.35 bits per heavy atom. The zero-order valence-electron chi connectivity index (χ0n) is 11.7. The molecular formula is C13H19NO5S. The molecule has 0 saturated heterocycles. The van der Waals surface area contributed by atoms with Crippen LogP contribution < -0.4 is 5.73 Å². The Hall–Kier alpha value is -1.44. The van der Waals surface area contributed by atoms with Gasteiger partial charge in [-0.15, -0.1) is 0 Å². The van der Waals surface area contributed by atoms with Crippen LogP contribution in [0, 0.1) is 0 Å². The van der Waals surface area contributed by atoms with Crippen LogP contribution in [0.4, 0.5) is 0 Å². The average molecular weight is 301 g/mol. The highest BCUT2D eigenvalue weighted by atomic mass is 32.2. The normalized spacial score (nSPS) is 15.7. The second-order valence-electron chi connectivity index (χ2n) is 4.52. The zero-order chi connectivity index (χ0) is 15.3. The largest absolute Gasteiger partial charge is 0.466 e. The number of thiol groups is 1. The van der Waals surface area contributed by atoms with Crippen molar-refractivity contribution in [1.29, 1.82) is 0 Å². The highest BCUT2D eigenvalue weighted by Crippen LogP contribution is 2.23. The predicted molar refractivity (Wildman–Crippen MR) is 74.4 cm³/mol. The van der Waals surface area contributed by atoms with Crippen LogP contribution in [0.2, 0.25) is 0 Å². The van der Waals surface area contributed by atoms with Gasteiger partial charge in [0.1, 0.15) is 0 Å². The van der Waals surface area contributed by atoms with Crippen molar-refractivity contribution in [2.75, 3.05) is 6.61 Å². The monoisotopic (exact) mass is 301 g/mol. The molecule has 0 amide bonds. The van der Waals surface area contributed by atoms with Crippen LogP contribution in [-0.2, 0) is 30.4 Å². The minimum Gasteiger partial charge on any atom is -0.466 e. The molecule has 1 rings (SSSR count). The molecule has 0 heterocycles. The summed E-state index contributed by atoms with van der Waals surface area (Å²) in [5.41, 5.74) is 5.60. The highest BCUT2D eigenvalue weighted by Gasteiger charge is 2.24. The maximum Gasteiger partial charge on any atom is 0.313 e. The SMILES string of the molecule is CCOC(=O)C(C)c1ccc(C(C)(N)O[SH](=O)=O)cc1. The lowest BCUT2D eigenvalue weighted by Gasteiger charge is -2.22. The first-order valence-electron chi connectivity index (χ1n) is 6.17. The molecule has 7 heteroatoms. The van der Waals surface area contributed by atoms with E-state index in [0.29, 0.717) is 12.2 Å². The molecule has 2 N–H and O–H groups in total. The third-order valence-corrected chi connectivity index (χ3v) is 3.42. The van der Waals surface area contributed by atoms with Crippen LogP contribution in [0.15, 0.2) is 24.3 Å². The summed E-state index contributed by atoms with van der Waals surface area (Å²) in [6.07, 6.45) is 0. The minimum atomic E-state index is -3.05. The van der Waals surface area contributed by atoms with Gasteiger partial charge in [0, 0.05) is 0 Å². The molecule has 0 saturated carbocycles. The fraction of sp³-hybridized carbons (Fsp3) is 0.462. The number of hydrogen-bond acceptors (Lipinski definition) is 6. The molecule has 1 aromatic carbocycles. The molecule has 0 aliphatic carbocycles. The van der Waals surface area contributed by atoms with Crippen LogP contribution in [0.25, 0.3) is 0 Å². The van der Waals surface area contributed by atoms with E-state index in [1.165, 1.54) is 6.92 Å².